The van der Waals surface area contributed by atoms with Gasteiger partial charge in [-0.1, -0.05) is 17.8 Å². The van der Waals surface area contributed by atoms with Gasteiger partial charge in [-0.2, -0.15) is 4.89 Å². The van der Waals surface area contributed by atoms with E-state index in [1.54, 1.807) is 42.5 Å². The second kappa shape index (κ2) is 12.8. The van der Waals surface area contributed by atoms with E-state index in [4.69, 9.17) is 19.8 Å². The largest absolute Gasteiger partial charge is 0.508 e. The second-order valence-electron chi connectivity index (χ2n) is 8.04. The molecule has 0 aliphatic heterocycles. The summed E-state index contributed by atoms with van der Waals surface area (Å²) in [5.74, 6) is -1.74. The molecule has 4 aromatic rings. The van der Waals surface area contributed by atoms with Gasteiger partial charge in [-0.25, -0.2) is 14.5 Å². The minimum atomic E-state index is -1.31. The van der Waals surface area contributed by atoms with Crippen molar-refractivity contribution in [3.63, 3.8) is 0 Å². The van der Waals surface area contributed by atoms with Crippen LogP contribution in [0.25, 0.3) is 0 Å². The number of aromatic carboxylic acids is 1. The summed E-state index contributed by atoms with van der Waals surface area (Å²) >= 11 is 1.45. The van der Waals surface area contributed by atoms with Gasteiger partial charge in [-0.05, 0) is 90.0 Å². The van der Waals surface area contributed by atoms with Crippen LogP contribution in [0.15, 0.2) is 94.7 Å². The second-order valence-corrected chi connectivity index (χ2v) is 9.19. The summed E-state index contributed by atoms with van der Waals surface area (Å²) in [6, 6.07) is 21.7. The normalized spacial score (nSPS) is 10.7. The Kier molecular flexibility index (Phi) is 9.02. The van der Waals surface area contributed by atoms with E-state index in [1.165, 1.54) is 30.0 Å². The molecule has 0 aliphatic rings. The summed E-state index contributed by atoms with van der Waals surface area (Å²) in [5, 5.41) is 37.2. The Bertz CT molecular complexity index is 1450. The number of hydrogen-bond acceptors (Lipinski definition) is 10. The summed E-state index contributed by atoms with van der Waals surface area (Å²) in [5.41, 5.74) is 0.697. The van der Waals surface area contributed by atoms with Crippen LogP contribution in [0.1, 0.15) is 31.8 Å². The maximum atomic E-state index is 12.5. The van der Waals surface area contributed by atoms with Crippen molar-refractivity contribution < 1.29 is 49.6 Å². The van der Waals surface area contributed by atoms with E-state index in [-0.39, 0.29) is 41.6 Å². The zero-order valence-electron chi connectivity index (χ0n) is 20.1. The van der Waals surface area contributed by atoms with Gasteiger partial charge in [0.1, 0.15) is 30.5 Å². The smallest absolute Gasteiger partial charge is 0.344 e. The third-order valence-electron chi connectivity index (χ3n) is 5.33. The number of carboxylic acids is 1. The number of phenols is 2. The SMILES string of the molecule is O=C(O)c1ccc(O)cc1C(=O)Oc1ccc(Sc2ccc(OOCc3cc(O)ccc3COO)cc2)cc1. The molecule has 0 heterocycles. The Hall–Kier alpha value is -4.55. The molecular formula is C28H22O10S. The van der Waals surface area contributed by atoms with E-state index < -0.39 is 11.9 Å². The molecule has 4 aromatic carbocycles. The maximum Gasteiger partial charge on any atom is 0.344 e. The highest BCUT2D eigenvalue weighted by atomic mass is 32.2. The van der Waals surface area contributed by atoms with Crippen LogP contribution in [0.3, 0.4) is 0 Å². The van der Waals surface area contributed by atoms with Gasteiger partial charge in [-0.15, -0.1) is 0 Å². The molecule has 0 amide bonds. The molecule has 0 spiro atoms. The molecule has 0 saturated heterocycles. The van der Waals surface area contributed by atoms with Gasteiger partial charge in [0.2, 0.25) is 0 Å². The molecule has 0 radical (unpaired) electrons. The lowest BCUT2D eigenvalue weighted by atomic mass is 10.1. The van der Waals surface area contributed by atoms with Crippen molar-refractivity contribution in [2.24, 2.45) is 0 Å². The molecule has 4 rings (SSSR count). The Morgan fingerprint density at radius 3 is 1.95 bits per heavy atom. The number of aromatic hydroxyl groups is 2. The number of phenolic OH excluding ortho intramolecular Hbond substituents is 2. The zero-order valence-corrected chi connectivity index (χ0v) is 21.0. The highest BCUT2D eigenvalue weighted by molar-refractivity contribution is 7.99. The van der Waals surface area contributed by atoms with Crippen molar-refractivity contribution >= 4 is 23.7 Å². The molecule has 200 valence electrons. The average molecular weight is 551 g/mol. The molecule has 0 saturated carbocycles. The highest BCUT2D eigenvalue weighted by Gasteiger charge is 2.19. The molecule has 0 fully saturated rings. The first kappa shape index (κ1) is 27.5. The fourth-order valence-corrected chi connectivity index (χ4v) is 4.26. The molecule has 0 unspecified atom stereocenters. The Labute approximate surface area is 226 Å². The number of hydrogen-bond donors (Lipinski definition) is 4. The van der Waals surface area contributed by atoms with Gasteiger partial charge >= 0.3 is 11.9 Å². The topological polar surface area (TPSA) is 152 Å². The van der Waals surface area contributed by atoms with Crippen LogP contribution in [0.4, 0.5) is 0 Å². The number of carbonyl (C=O) groups is 2. The first-order chi connectivity index (χ1) is 18.8. The van der Waals surface area contributed by atoms with Crippen LogP contribution >= 0.6 is 11.8 Å². The molecule has 0 aliphatic carbocycles. The number of carbonyl (C=O) groups excluding carboxylic acids is 1. The fourth-order valence-electron chi connectivity index (χ4n) is 3.44. The number of esters is 1. The third-order valence-corrected chi connectivity index (χ3v) is 6.34. The van der Waals surface area contributed by atoms with Crippen molar-refractivity contribution in [2.75, 3.05) is 0 Å². The standard InChI is InChI=1S/C28H22O10S/c29-19-2-1-17(15-35-34)18(13-19)16-36-38-22-6-10-24(11-7-22)39-23-8-4-21(5-9-23)37-28(33)26-14-20(30)3-12-25(26)27(31)32/h1-14,29-30,34H,15-16H2,(H,31,32). The molecular weight excluding hydrogens is 528 g/mol. The summed E-state index contributed by atoms with van der Waals surface area (Å²) in [7, 11) is 0. The fraction of sp³-hybridized carbons (Fsp3) is 0.0714. The summed E-state index contributed by atoms with van der Waals surface area (Å²) in [6.45, 7) is -0.0406. The molecule has 0 bridgehead atoms. The lowest BCUT2D eigenvalue weighted by molar-refractivity contribution is -0.253. The first-order valence-electron chi connectivity index (χ1n) is 11.4. The van der Waals surface area contributed by atoms with Gasteiger partial charge in [-0.3, -0.25) is 5.26 Å². The summed E-state index contributed by atoms with van der Waals surface area (Å²) in [6.07, 6.45) is 0. The van der Waals surface area contributed by atoms with Crippen LogP contribution in [0, 0.1) is 0 Å². The number of carboxylic acid groups (broad SMARTS) is 1. The minimum absolute atomic E-state index is 0.0174. The van der Waals surface area contributed by atoms with Gasteiger partial charge in [0.15, 0.2) is 5.75 Å². The quantitative estimate of drug-likeness (QED) is 0.0791. The number of ether oxygens (including phenoxy) is 1. The Balaban J connectivity index is 1.31. The van der Waals surface area contributed by atoms with Crippen molar-refractivity contribution in [1.29, 1.82) is 0 Å². The van der Waals surface area contributed by atoms with E-state index in [1.807, 2.05) is 12.1 Å². The van der Waals surface area contributed by atoms with E-state index in [0.717, 1.165) is 21.9 Å². The van der Waals surface area contributed by atoms with Gasteiger partial charge in [0.05, 0.1) is 11.1 Å². The molecule has 39 heavy (non-hydrogen) atoms. The van der Waals surface area contributed by atoms with E-state index >= 15 is 0 Å². The summed E-state index contributed by atoms with van der Waals surface area (Å²) < 4.78 is 5.28. The Morgan fingerprint density at radius 1 is 0.692 bits per heavy atom. The lowest BCUT2D eigenvalue weighted by Gasteiger charge is -2.10. The predicted octanol–water partition coefficient (Wildman–Crippen LogP) is 5.67. The van der Waals surface area contributed by atoms with Gasteiger partial charge in [0.25, 0.3) is 0 Å². The first-order valence-corrected chi connectivity index (χ1v) is 12.2. The van der Waals surface area contributed by atoms with Crippen LogP contribution in [-0.4, -0.2) is 32.5 Å². The van der Waals surface area contributed by atoms with Crippen LogP contribution < -0.4 is 9.62 Å². The molecule has 11 heteroatoms. The van der Waals surface area contributed by atoms with Crippen molar-refractivity contribution in [3.8, 4) is 23.0 Å². The van der Waals surface area contributed by atoms with Gasteiger partial charge in [0, 0.05) is 9.79 Å². The highest BCUT2D eigenvalue weighted by Crippen LogP contribution is 2.31. The van der Waals surface area contributed by atoms with Gasteiger partial charge < -0.3 is 24.9 Å². The molecule has 0 aromatic heterocycles. The van der Waals surface area contributed by atoms with Crippen molar-refractivity contribution in [2.45, 2.75) is 23.0 Å². The van der Waals surface area contributed by atoms with Crippen LogP contribution in [0.2, 0.25) is 0 Å². The van der Waals surface area contributed by atoms with Crippen molar-refractivity contribution in [3.05, 3.63) is 107 Å². The molecule has 10 nitrogen and oxygen atoms in total. The summed E-state index contributed by atoms with van der Waals surface area (Å²) in [4.78, 5) is 40.3. The third kappa shape index (κ3) is 7.49. The minimum Gasteiger partial charge on any atom is -0.508 e. The Morgan fingerprint density at radius 2 is 1.31 bits per heavy atom. The number of rotatable bonds is 11. The predicted molar refractivity (Wildman–Crippen MR) is 138 cm³/mol. The van der Waals surface area contributed by atoms with E-state index in [9.17, 15) is 24.9 Å². The number of benzene rings is 4. The zero-order chi connectivity index (χ0) is 27.8. The van der Waals surface area contributed by atoms with E-state index in [0.29, 0.717) is 16.9 Å². The molecule has 0 atom stereocenters. The molecule has 4 N–H and O–H groups in total. The van der Waals surface area contributed by atoms with Crippen LogP contribution in [-0.2, 0) is 23.0 Å². The average Bonchev–Trinajstić information content (AvgIpc) is 2.92. The monoisotopic (exact) mass is 550 g/mol. The maximum absolute atomic E-state index is 12.5. The van der Waals surface area contributed by atoms with Crippen LogP contribution in [0.5, 0.6) is 23.0 Å². The van der Waals surface area contributed by atoms with Crippen molar-refractivity contribution in [1.82, 2.24) is 0 Å². The lowest BCUT2D eigenvalue weighted by Crippen LogP contribution is -2.14. The van der Waals surface area contributed by atoms with E-state index in [2.05, 4.69) is 4.89 Å².